The molecule has 88 valence electrons. The van der Waals surface area contributed by atoms with E-state index in [1.165, 1.54) is 12.8 Å². The molecule has 1 aliphatic rings. The normalized spacial score (nSPS) is 19.7. The van der Waals surface area contributed by atoms with Crippen LogP contribution >= 0.6 is 0 Å². The van der Waals surface area contributed by atoms with Gasteiger partial charge in [-0.3, -0.25) is 9.69 Å². The van der Waals surface area contributed by atoms with Gasteiger partial charge in [-0.05, 0) is 45.4 Å². The molecule has 0 unspecified atom stereocenters. The van der Waals surface area contributed by atoms with E-state index in [4.69, 9.17) is 5.11 Å². The molecule has 0 radical (unpaired) electrons. The van der Waals surface area contributed by atoms with Crippen molar-refractivity contribution in [1.82, 2.24) is 9.80 Å². The zero-order valence-corrected chi connectivity index (χ0v) is 9.78. The monoisotopic (exact) mass is 214 g/mol. The summed E-state index contributed by atoms with van der Waals surface area (Å²) in [5.41, 5.74) is 0. The number of nitrogens with zero attached hydrogens (tertiary/aromatic N) is 2. The number of hydrogen-bond acceptors (Lipinski definition) is 3. The summed E-state index contributed by atoms with van der Waals surface area (Å²) in [5.74, 6) is -0.0368. The fourth-order valence-corrected chi connectivity index (χ4v) is 2.11. The van der Waals surface area contributed by atoms with E-state index in [-0.39, 0.29) is 6.54 Å². The maximum absolute atomic E-state index is 10.6. The van der Waals surface area contributed by atoms with Crippen LogP contribution in [0.2, 0.25) is 0 Å². The SMILES string of the molecule is CCN(CC(=O)O)CC1CCN(C)CC1. The summed E-state index contributed by atoms with van der Waals surface area (Å²) in [4.78, 5) is 15.0. The summed E-state index contributed by atoms with van der Waals surface area (Å²) in [5, 5.41) is 8.74. The molecule has 0 atom stereocenters. The number of carboxylic acids is 1. The maximum atomic E-state index is 10.6. The molecule has 1 aliphatic heterocycles. The van der Waals surface area contributed by atoms with E-state index in [1.807, 2.05) is 11.8 Å². The average molecular weight is 214 g/mol. The first kappa shape index (κ1) is 12.5. The summed E-state index contributed by atoms with van der Waals surface area (Å²) < 4.78 is 0. The Morgan fingerprint density at radius 2 is 2.07 bits per heavy atom. The number of likely N-dealkylation sites (tertiary alicyclic amines) is 1. The Balaban J connectivity index is 2.28. The first-order valence-electron chi connectivity index (χ1n) is 5.74. The highest BCUT2D eigenvalue weighted by atomic mass is 16.4. The van der Waals surface area contributed by atoms with Crippen molar-refractivity contribution in [3.8, 4) is 0 Å². The van der Waals surface area contributed by atoms with Crippen LogP contribution in [0.1, 0.15) is 19.8 Å². The maximum Gasteiger partial charge on any atom is 0.317 e. The number of carbonyl (C=O) groups is 1. The van der Waals surface area contributed by atoms with Gasteiger partial charge in [0.15, 0.2) is 0 Å². The number of likely N-dealkylation sites (N-methyl/N-ethyl adjacent to an activating group) is 1. The number of hydrogen-bond donors (Lipinski definition) is 1. The van der Waals surface area contributed by atoms with E-state index in [2.05, 4.69) is 11.9 Å². The van der Waals surface area contributed by atoms with E-state index in [0.717, 1.165) is 26.2 Å². The second-order valence-electron chi connectivity index (χ2n) is 4.47. The highest BCUT2D eigenvalue weighted by molar-refractivity contribution is 5.69. The Morgan fingerprint density at radius 3 is 2.53 bits per heavy atom. The van der Waals surface area contributed by atoms with Crippen molar-refractivity contribution in [2.45, 2.75) is 19.8 Å². The lowest BCUT2D eigenvalue weighted by atomic mass is 9.96. The Morgan fingerprint density at radius 1 is 1.47 bits per heavy atom. The van der Waals surface area contributed by atoms with Crippen molar-refractivity contribution >= 4 is 5.97 Å². The summed E-state index contributed by atoms with van der Waals surface area (Å²) in [6.45, 7) is 6.28. The van der Waals surface area contributed by atoms with Crippen molar-refractivity contribution in [2.75, 3.05) is 39.8 Å². The minimum atomic E-state index is -0.718. The minimum Gasteiger partial charge on any atom is -0.480 e. The smallest absolute Gasteiger partial charge is 0.317 e. The zero-order valence-electron chi connectivity index (χ0n) is 9.78. The van der Waals surface area contributed by atoms with E-state index in [9.17, 15) is 4.79 Å². The largest absolute Gasteiger partial charge is 0.480 e. The highest BCUT2D eigenvalue weighted by Gasteiger charge is 2.19. The van der Waals surface area contributed by atoms with Gasteiger partial charge in [0.1, 0.15) is 0 Å². The van der Waals surface area contributed by atoms with Crippen molar-refractivity contribution in [2.24, 2.45) is 5.92 Å². The molecule has 4 nitrogen and oxygen atoms in total. The molecule has 15 heavy (non-hydrogen) atoms. The lowest BCUT2D eigenvalue weighted by molar-refractivity contribution is -0.138. The van der Waals surface area contributed by atoms with Gasteiger partial charge < -0.3 is 10.0 Å². The highest BCUT2D eigenvalue weighted by Crippen LogP contribution is 2.16. The third-order valence-electron chi connectivity index (χ3n) is 3.16. The quantitative estimate of drug-likeness (QED) is 0.733. The van der Waals surface area contributed by atoms with Gasteiger partial charge in [-0.1, -0.05) is 6.92 Å². The van der Waals surface area contributed by atoms with Gasteiger partial charge in [0.25, 0.3) is 0 Å². The van der Waals surface area contributed by atoms with Crippen LogP contribution in [0.5, 0.6) is 0 Å². The molecule has 0 aromatic carbocycles. The molecule has 0 aliphatic carbocycles. The van der Waals surface area contributed by atoms with Crippen LogP contribution in [-0.2, 0) is 4.79 Å². The molecule has 1 fully saturated rings. The van der Waals surface area contributed by atoms with Crippen LogP contribution in [0.25, 0.3) is 0 Å². The van der Waals surface area contributed by atoms with E-state index >= 15 is 0 Å². The molecule has 0 aromatic rings. The second kappa shape index (κ2) is 6.08. The first-order valence-corrected chi connectivity index (χ1v) is 5.74. The number of carboxylic acid groups (broad SMARTS) is 1. The number of piperidine rings is 1. The Hall–Kier alpha value is -0.610. The molecule has 0 aromatic heterocycles. The second-order valence-corrected chi connectivity index (χ2v) is 4.47. The van der Waals surface area contributed by atoms with E-state index < -0.39 is 5.97 Å². The standard InChI is InChI=1S/C11H22N2O2/c1-3-13(9-11(14)15)8-10-4-6-12(2)7-5-10/h10H,3-9H2,1-2H3,(H,14,15). The van der Waals surface area contributed by atoms with Crippen LogP contribution in [0.15, 0.2) is 0 Å². The molecule has 0 bridgehead atoms. The Kier molecular flexibility index (Phi) is 5.05. The van der Waals surface area contributed by atoms with Gasteiger partial charge in [0.2, 0.25) is 0 Å². The fourth-order valence-electron chi connectivity index (χ4n) is 2.11. The third kappa shape index (κ3) is 4.62. The van der Waals surface area contributed by atoms with Crippen LogP contribution in [0.4, 0.5) is 0 Å². The molecule has 1 heterocycles. The summed E-state index contributed by atoms with van der Waals surface area (Å²) in [7, 11) is 2.14. The van der Waals surface area contributed by atoms with Gasteiger partial charge in [0, 0.05) is 6.54 Å². The van der Waals surface area contributed by atoms with Crippen molar-refractivity contribution < 1.29 is 9.90 Å². The Bertz CT molecular complexity index is 201. The van der Waals surface area contributed by atoms with Crippen LogP contribution in [0, 0.1) is 5.92 Å². The summed E-state index contributed by atoms with van der Waals surface area (Å²) >= 11 is 0. The van der Waals surface area contributed by atoms with Gasteiger partial charge in [-0.2, -0.15) is 0 Å². The van der Waals surface area contributed by atoms with Crippen LogP contribution in [0.3, 0.4) is 0 Å². The number of aliphatic carboxylic acids is 1. The molecule has 0 spiro atoms. The topological polar surface area (TPSA) is 43.8 Å². The molecule has 1 rings (SSSR count). The van der Waals surface area contributed by atoms with Crippen molar-refractivity contribution in [3.05, 3.63) is 0 Å². The van der Waals surface area contributed by atoms with E-state index in [1.54, 1.807) is 0 Å². The third-order valence-corrected chi connectivity index (χ3v) is 3.16. The van der Waals surface area contributed by atoms with Crippen molar-refractivity contribution in [1.29, 1.82) is 0 Å². The van der Waals surface area contributed by atoms with Gasteiger partial charge in [-0.15, -0.1) is 0 Å². The minimum absolute atomic E-state index is 0.183. The predicted molar refractivity (Wildman–Crippen MR) is 60.0 cm³/mol. The van der Waals surface area contributed by atoms with E-state index in [0.29, 0.717) is 5.92 Å². The molecular formula is C11H22N2O2. The lowest BCUT2D eigenvalue weighted by Crippen LogP contribution is -2.39. The molecular weight excluding hydrogens is 192 g/mol. The van der Waals surface area contributed by atoms with Crippen LogP contribution in [-0.4, -0.2) is 60.6 Å². The molecule has 1 saturated heterocycles. The van der Waals surface area contributed by atoms with Crippen molar-refractivity contribution in [3.63, 3.8) is 0 Å². The molecule has 0 amide bonds. The van der Waals surface area contributed by atoms with Gasteiger partial charge >= 0.3 is 5.97 Å². The summed E-state index contributed by atoms with van der Waals surface area (Å²) in [6, 6.07) is 0. The van der Waals surface area contributed by atoms with Gasteiger partial charge in [-0.25, -0.2) is 0 Å². The molecule has 1 N–H and O–H groups in total. The summed E-state index contributed by atoms with van der Waals surface area (Å²) in [6.07, 6.45) is 2.40. The molecule has 4 heteroatoms. The first-order chi connectivity index (χ1) is 7.11. The Labute approximate surface area is 91.9 Å². The predicted octanol–water partition coefficient (Wildman–Crippen LogP) is 0.735. The average Bonchev–Trinajstić information content (AvgIpc) is 2.19. The number of rotatable bonds is 5. The molecule has 0 saturated carbocycles. The van der Waals surface area contributed by atoms with Gasteiger partial charge in [0.05, 0.1) is 6.54 Å². The fraction of sp³-hybridized carbons (Fsp3) is 0.909. The zero-order chi connectivity index (χ0) is 11.3. The van der Waals surface area contributed by atoms with Crippen LogP contribution < -0.4 is 0 Å². The lowest BCUT2D eigenvalue weighted by Gasteiger charge is -2.32.